The molecule has 108 valence electrons. The maximum absolute atomic E-state index is 13.2. The van der Waals surface area contributed by atoms with Crippen molar-refractivity contribution in [3.8, 4) is 22.4 Å². The van der Waals surface area contributed by atoms with Crippen molar-refractivity contribution >= 4 is 29.0 Å². The molecule has 0 saturated carbocycles. The molecule has 1 aromatic carbocycles. The molecule has 2 aromatic heterocycles. The van der Waals surface area contributed by atoms with E-state index >= 15 is 0 Å². The minimum atomic E-state index is -0.422. The van der Waals surface area contributed by atoms with Gasteiger partial charge >= 0.3 is 0 Å². The van der Waals surface area contributed by atoms with Gasteiger partial charge in [0.15, 0.2) is 0 Å². The second-order valence-electron chi connectivity index (χ2n) is 4.46. The molecular weight excluding hydrogens is 316 g/mol. The van der Waals surface area contributed by atoms with Crippen LogP contribution in [0.15, 0.2) is 34.9 Å². The average molecular weight is 326 g/mol. The van der Waals surface area contributed by atoms with Gasteiger partial charge in [0.2, 0.25) is 5.22 Å². The van der Waals surface area contributed by atoms with Gasteiger partial charge in [0, 0.05) is 12.6 Å². The lowest BCUT2D eigenvalue weighted by molar-refractivity contribution is 0.570. The lowest BCUT2D eigenvalue weighted by Gasteiger charge is -2.06. The first-order chi connectivity index (χ1) is 9.99. The molecule has 21 heavy (non-hydrogen) atoms. The number of hydrogen-bond acceptors (Lipinski definition) is 3. The Balaban J connectivity index is 2.30. The van der Waals surface area contributed by atoms with Crippen LogP contribution in [0.4, 0.5) is 10.2 Å². The molecule has 0 spiro atoms. The molecule has 7 heteroatoms. The van der Waals surface area contributed by atoms with Gasteiger partial charge < -0.3 is 10.2 Å². The number of nitrogen functional groups attached to an aromatic ring is 1. The average Bonchev–Trinajstić information content (AvgIpc) is 2.96. The van der Waals surface area contributed by atoms with Gasteiger partial charge in [-0.1, -0.05) is 11.6 Å². The van der Waals surface area contributed by atoms with Crippen molar-refractivity contribution in [2.75, 3.05) is 5.73 Å². The molecule has 3 rings (SSSR count). The zero-order chi connectivity index (χ0) is 15.1. The summed E-state index contributed by atoms with van der Waals surface area (Å²) in [7, 11) is 1.70. The highest BCUT2D eigenvalue weighted by molar-refractivity contribution is 6.34. The normalized spacial score (nSPS) is 11.0. The van der Waals surface area contributed by atoms with Gasteiger partial charge in [0.05, 0.1) is 22.4 Å². The molecule has 0 fully saturated rings. The van der Waals surface area contributed by atoms with E-state index in [1.54, 1.807) is 19.2 Å². The van der Waals surface area contributed by atoms with E-state index in [2.05, 4.69) is 5.10 Å². The van der Waals surface area contributed by atoms with E-state index in [9.17, 15) is 4.39 Å². The maximum Gasteiger partial charge on any atom is 0.202 e. The Morgan fingerprint density at radius 2 is 2.00 bits per heavy atom. The Bertz CT molecular complexity index is 826. The number of aryl methyl sites for hydroxylation is 1. The maximum atomic E-state index is 13.2. The van der Waals surface area contributed by atoms with E-state index in [1.165, 1.54) is 23.1 Å². The van der Waals surface area contributed by atoms with Crippen LogP contribution in [-0.2, 0) is 7.05 Å². The smallest absolute Gasteiger partial charge is 0.202 e. The molecule has 0 atom stereocenters. The van der Waals surface area contributed by atoms with Crippen molar-refractivity contribution in [2.24, 2.45) is 7.05 Å². The largest absolute Gasteiger partial charge is 0.452 e. The fourth-order valence-electron chi connectivity index (χ4n) is 2.15. The summed E-state index contributed by atoms with van der Waals surface area (Å²) in [6.45, 7) is 0. The number of halogens is 3. The molecule has 3 aromatic rings. The second kappa shape index (κ2) is 5.09. The van der Waals surface area contributed by atoms with Gasteiger partial charge in [-0.3, -0.25) is 4.68 Å². The molecule has 2 N–H and O–H groups in total. The molecule has 0 saturated heterocycles. The Labute approximate surface area is 129 Å². The fourth-order valence-corrected chi connectivity index (χ4v) is 2.61. The number of furan rings is 1. The standard InChI is InChI=1S/C14H10Cl2FN3O/c1-20-14(18)11(8-3-2-7(17)6-10(8)15)12(19-20)9-4-5-21-13(9)16/h2-6H,18H2,1H3. The number of aromatic nitrogens is 2. The van der Waals surface area contributed by atoms with Crippen molar-refractivity contribution in [1.29, 1.82) is 0 Å². The summed E-state index contributed by atoms with van der Waals surface area (Å²) in [6, 6.07) is 5.78. The minimum absolute atomic E-state index is 0.201. The van der Waals surface area contributed by atoms with Crippen LogP contribution in [0.25, 0.3) is 22.4 Å². The predicted molar refractivity (Wildman–Crippen MR) is 80.7 cm³/mol. The minimum Gasteiger partial charge on any atom is -0.452 e. The van der Waals surface area contributed by atoms with E-state index in [0.29, 0.717) is 28.2 Å². The van der Waals surface area contributed by atoms with E-state index in [1.807, 2.05) is 0 Å². The second-order valence-corrected chi connectivity index (χ2v) is 5.22. The summed E-state index contributed by atoms with van der Waals surface area (Å²) >= 11 is 12.1. The summed E-state index contributed by atoms with van der Waals surface area (Å²) in [4.78, 5) is 0. The summed E-state index contributed by atoms with van der Waals surface area (Å²) < 4.78 is 19.8. The number of rotatable bonds is 2. The quantitative estimate of drug-likeness (QED) is 0.760. The van der Waals surface area contributed by atoms with E-state index in [4.69, 9.17) is 33.4 Å². The van der Waals surface area contributed by atoms with Crippen LogP contribution in [0.3, 0.4) is 0 Å². The summed E-state index contributed by atoms with van der Waals surface area (Å²) in [5.74, 6) is -0.0233. The van der Waals surface area contributed by atoms with E-state index in [-0.39, 0.29) is 10.2 Å². The molecule has 0 aliphatic heterocycles. The number of anilines is 1. The lowest BCUT2D eigenvalue weighted by atomic mass is 10.0. The van der Waals surface area contributed by atoms with Crippen molar-refractivity contribution in [1.82, 2.24) is 9.78 Å². The number of hydrogen-bond donors (Lipinski definition) is 1. The first-order valence-corrected chi connectivity index (χ1v) is 6.76. The van der Waals surface area contributed by atoms with Crippen LogP contribution >= 0.6 is 23.2 Å². The number of nitrogens with zero attached hydrogens (tertiary/aromatic N) is 2. The van der Waals surface area contributed by atoms with Crippen LogP contribution in [0, 0.1) is 5.82 Å². The number of nitrogens with two attached hydrogens (primary N) is 1. The Morgan fingerprint density at radius 1 is 1.24 bits per heavy atom. The van der Waals surface area contributed by atoms with Crippen molar-refractivity contribution in [3.63, 3.8) is 0 Å². The van der Waals surface area contributed by atoms with Crippen LogP contribution in [0.1, 0.15) is 0 Å². The van der Waals surface area contributed by atoms with Gasteiger partial charge in [-0.2, -0.15) is 5.10 Å². The molecular formula is C14H10Cl2FN3O. The molecule has 0 amide bonds. The fraction of sp³-hybridized carbons (Fsp3) is 0.0714. The number of benzene rings is 1. The van der Waals surface area contributed by atoms with E-state index < -0.39 is 5.82 Å². The van der Waals surface area contributed by atoms with Crippen molar-refractivity contribution < 1.29 is 8.81 Å². The van der Waals surface area contributed by atoms with Crippen molar-refractivity contribution in [3.05, 3.63) is 46.6 Å². The van der Waals surface area contributed by atoms with Crippen LogP contribution in [-0.4, -0.2) is 9.78 Å². The van der Waals surface area contributed by atoms with Crippen LogP contribution in [0.2, 0.25) is 10.2 Å². The van der Waals surface area contributed by atoms with Crippen LogP contribution in [0.5, 0.6) is 0 Å². The van der Waals surface area contributed by atoms with Crippen molar-refractivity contribution in [2.45, 2.75) is 0 Å². The molecule has 0 unspecified atom stereocenters. The molecule has 0 radical (unpaired) electrons. The van der Waals surface area contributed by atoms with Crippen LogP contribution < -0.4 is 5.73 Å². The first-order valence-electron chi connectivity index (χ1n) is 6.00. The zero-order valence-electron chi connectivity index (χ0n) is 10.9. The molecule has 0 aliphatic rings. The Hall–Kier alpha value is -1.98. The molecule has 0 aliphatic carbocycles. The topological polar surface area (TPSA) is 57.0 Å². The summed E-state index contributed by atoms with van der Waals surface area (Å²) in [5, 5.41) is 4.80. The highest BCUT2D eigenvalue weighted by atomic mass is 35.5. The molecule has 4 nitrogen and oxygen atoms in total. The molecule has 2 heterocycles. The first kappa shape index (κ1) is 14.0. The lowest BCUT2D eigenvalue weighted by Crippen LogP contribution is -1.98. The van der Waals surface area contributed by atoms with Gasteiger partial charge in [-0.15, -0.1) is 0 Å². The highest BCUT2D eigenvalue weighted by Crippen LogP contribution is 2.41. The van der Waals surface area contributed by atoms with Gasteiger partial charge in [0.1, 0.15) is 17.3 Å². The zero-order valence-corrected chi connectivity index (χ0v) is 12.4. The molecule has 0 bridgehead atoms. The summed E-state index contributed by atoms with van der Waals surface area (Å²) in [5.41, 5.74) is 8.37. The Kier molecular flexibility index (Phi) is 3.39. The third-order valence-corrected chi connectivity index (χ3v) is 3.77. The SMILES string of the molecule is Cn1nc(-c2ccoc2Cl)c(-c2ccc(F)cc2Cl)c1N. The van der Waals surface area contributed by atoms with Gasteiger partial charge in [-0.25, -0.2) is 4.39 Å². The Morgan fingerprint density at radius 3 is 2.62 bits per heavy atom. The highest BCUT2D eigenvalue weighted by Gasteiger charge is 2.22. The third-order valence-electron chi connectivity index (χ3n) is 3.17. The van der Waals surface area contributed by atoms with E-state index in [0.717, 1.165) is 0 Å². The van der Waals surface area contributed by atoms with Gasteiger partial charge in [-0.05, 0) is 35.9 Å². The predicted octanol–water partition coefficient (Wildman–Crippen LogP) is 4.38. The van der Waals surface area contributed by atoms with Gasteiger partial charge in [0.25, 0.3) is 0 Å². The monoisotopic (exact) mass is 325 g/mol. The third kappa shape index (κ3) is 2.28. The summed E-state index contributed by atoms with van der Waals surface area (Å²) in [6.07, 6.45) is 1.46.